The first-order chi connectivity index (χ1) is 12.8. The number of pyridine rings is 1. The zero-order valence-electron chi connectivity index (χ0n) is 13.8. The van der Waals surface area contributed by atoms with Gasteiger partial charge in [-0.3, -0.25) is 9.78 Å². The van der Waals surface area contributed by atoms with Crippen molar-refractivity contribution in [3.8, 4) is 21.8 Å². The first-order valence-corrected chi connectivity index (χ1v) is 9.00. The Morgan fingerprint density at radius 2 is 1.77 bits per heavy atom. The van der Waals surface area contributed by atoms with E-state index in [0.717, 1.165) is 27.5 Å². The largest absolute Gasteiger partial charge is 0.322 e. The Morgan fingerprint density at radius 1 is 0.923 bits per heavy atom. The van der Waals surface area contributed by atoms with Gasteiger partial charge in [0.15, 0.2) is 0 Å². The van der Waals surface area contributed by atoms with E-state index in [1.54, 1.807) is 35.9 Å². The quantitative estimate of drug-likeness (QED) is 0.551. The van der Waals surface area contributed by atoms with E-state index >= 15 is 0 Å². The average molecular weight is 357 g/mol. The number of hydrogen-bond acceptors (Lipinski definition) is 4. The van der Waals surface area contributed by atoms with E-state index in [0.29, 0.717) is 5.56 Å². The van der Waals surface area contributed by atoms with Crippen molar-refractivity contribution >= 4 is 22.9 Å². The summed E-state index contributed by atoms with van der Waals surface area (Å²) in [7, 11) is 0. The molecule has 2 heterocycles. The number of amides is 1. The molecule has 26 heavy (non-hydrogen) atoms. The Morgan fingerprint density at radius 3 is 2.58 bits per heavy atom. The second-order valence-corrected chi connectivity index (χ2v) is 6.54. The van der Waals surface area contributed by atoms with E-state index in [-0.39, 0.29) is 5.91 Å². The number of nitrogens with zero attached hydrogens (tertiary/aromatic N) is 2. The van der Waals surface area contributed by atoms with Crippen molar-refractivity contribution in [2.24, 2.45) is 0 Å². The molecule has 0 saturated heterocycles. The van der Waals surface area contributed by atoms with Gasteiger partial charge in [0.25, 0.3) is 5.91 Å². The molecule has 0 spiro atoms. The number of carbonyl (C=O) groups excluding carboxylic acids is 1. The van der Waals surface area contributed by atoms with Gasteiger partial charge in [0.2, 0.25) is 0 Å². The fraction of sp³-hybridized carbons (Fsp3) is 0. The zero-order chi connectivity index (χ0) is 17.8. The first-order valence-electron chi connectivity index (χ1n) is 8.12. The highest BCUT2D eigenvalue weighted by Gasteiger charge is 2.09. The third-order valence-electron chi connectivity index (χ3n) is 3.86. The number of carbonyl (C=O) groups is 1. The zero-order valence-corrected chi connectivity index (χ0v) is 14.6. The maximum absolute atomic E-state index is 12.3. The molecule has 5 heteroatoms. The Balaban J connectivity index is 1.57. The normalized spacial score (nSPS) is 10.5. The van der Waals surface area contributed by atoms with Gasteiger partial charge < -0.3 is 5.32 Å². The molecule has 126 valence electrons. The number of anilines is 1. The van der Waals surface area contributed by atoms with Crippen LogP contribution in [0.5, 0.6) is 0 Å². The van der Waals surface area contributed by atoms with Crippen molar-refractivity contribution in [1.29, 1.82) is 0 Å². The Labute approximate surface area is 155 Å². The van der Waals surface area contributed by atoms with Crippen molar-refractivity contribution in [3.05, 3.63) is 90.1 Å². The number of aromatic nitrogens is 2. The summed E-state index contributed by atoms with van der Waals surface area (Å²) in [5.74, 6) is -0.182. The lowest BCUT2D eigenvalue weighted by Crippen LogP contribution is -2.11. The van der Waals surface area contributed by atoms with E-state index in [4.69, 9.17) is 4.98 Å². The summed E-state index contributed by atoms with van der Waals surface area (Å²) in [6.45, 7) is 0. The topological polar surface area (TPSA) is 54.9 Å². The molecule has 4 aromatic rings. The van der Waals surface area contributed by atoms with Crippen molar-refractivity contribution in [2.45, 2.75) is 0 Å². The molecule has 1 N–H and O–H groups in total. The van der Waals surface area contributed by atoms with Crippen LogP contribution in [-0.4, -0.2) is 15.9 Å². The average Bonchev–Trinajstić information content (AvgIpc) is 3.20. The van der Waals surface area contributed by atoms with Crippen LogP contribution in [-0.2, 0) is 0 Å². The molecule has 0 aliphatic rings. The van der Waals surface area contributed by atoms with Gasteiger partial charge in [0, 0.05) is 34.6 Å². The second-order valence-electron chi connectivity index (χ2n) is 5.68. The number of nitrogens with one attached hydrogen (secondary N) is 1. The molecule has 0 radical (unpaired) electrons. The summed E-state index contributed by atoms with van der Waals surface area (Å²) in [6.07, 6.45) is 3.19. The molecule has 0 unspecified atom stereocenters. The van der Waals surface area contributed by atoms with Crippen LogP contribution in [0.3, 0.4) is 0 Å². The van der Waals surface area contributed by atoms with Gasteiger partial charge in [-0.05, 0) is 24.3 Å². The monoisotopic (exact) mass is 357 g/mol. The van der Waals surface area contributed by atoms with Crippen LogP contribution in [0, 0.1) is 0 Å². The van der Waals surface area contributed by atoms with Gasteiger partial charge in [-0.2, -0.15) is 0 Å². The molecule has 2 aromatic heterocycles. The fourth-order valence-electron chi connectivity index (χ4n) is 2.58. The lowest BCUT2D eigenvalue weighted by atomic mass is 10.1. The fourth-order valence-corrected chi connectivity index (χ4v) is 3.41. The van der Waals surface area contributed by atoms with Gasteiger partial charge >= 0.3 is 0 Å². The molecule has 2 aromatic carbocycles. The Kier molecular flexibility index (Phi) is 4.53. The molecular weight excluding hydrogens is 342 g/mol. The minimum Gasteiger partial charge on any atom is -0.322 e. The highest BCUT2D eigenvalue weighted by molar-refractivity contribution is 7.13. The van der Waals surface area contributed by atoms with E-state index < -0.39 is 0 Å². The van der Waals surface area contributed by atoms with Crippen LogP contribution in [0.1, 0.15) is 10.4 Å². The standard InChI is InChI=1S/C21H15N3OS/c25-20(17-9-5-11-22-13-17)23-18-10-4-8-16(12-18)19-14-26-21(24-19)15-6-2-1-3-7-15/h1-14H,(H,23,25). The number of hydrogen-bond donors (Lipinski definition) is 1. The van der Waals surface area contributed by atoms with Gasteiger partial charge in [-0.15, -0.1) is 11.3 Å². The summed E-state index contributed by atoms with van der Waals surface area (Å²) in [4.78, 5) is 21.0. The van der Waals surface area contributed by atoms with Gasteiger partial charge in [0.05, 0.1) is 11.3 Å². The van der Waals surface area contributed by atoms with Crippen molar-refractivity contribution < 1.29 is 4.79 Å². The maximum atomic E-state index is 12.3. The van der Waals surface area contributed by atoms with E-state index in [9.17, 15) is 4.79 Å². The van der Waals surface area contributed by atoms with E-state index in [1.807, 2.05) is 60.0 Å². The number of thiazole rings is 1. The molecule has 4 rings (SSSR count). The predicted molar refractivity (Wildman–Crippen MR) is 105 cm³/mol. The molecule has 0 aliphatic carbocycles. The first kappa shape index (κ1) is 16.2. The van der Waals surface area contributed by atoms with Crippen LogP contribution >= 0.6 is 11.3 Å². The summed E-state index contributed by atoms with van der Waals surface area (Å²) in [6, 6.07) is 21.3. The number of benzene rings is 2. The van der Waals surface area contributed by atoms with Crippen LogP contribution in [0.15, 0.2) is 84.5 Å². The van der Waals surface area contributed by atoms with E-state index in [2.05, 4.69) is 10.3 Å². The highest BCUT2D eigenvalue weighted by atomic mass is 32.1. The minimum atomic E-state index is -0.182. The van der Waals surface area contributed by atoms with E-state index in [1.165, 1.54) is 0 Å². The highest BCUT2D eigenvalue weighted by Crippen LogP contribution is 2.29. The lowest BCUT2D eigenvalue weighted by Gasteiger charge is -2.06. The summed E-state index contributed by atoms with van der Waals surface area (Å²) in [5.41, 5.74) is 4.21. The van der Waals surface area contributed by atoms with Gasteiger partial charge in [0.1, 0.15) is 5.01 Å². The second kappa shape index (κ2) is 7.29. The van der Waals surface area contributed by atoms with Crippen LogP contribution in [0.25, 0.3) is 21.8 Å². The van der Waals surface area contributed by atoms with Crippen molar-refractivity contribution in [2.75, 3.05) is 5.32 Å². The summed E-state index contributed by atoms with van der Waals surface area (Å²) < 4.78 is 0. The van der Waals surface area contributed by atoms with Crippen molar-refractivity contribution in [1.82, 2.24) is 9.97 Å². The SMILES string of the molecule is O=C(Nc1cccc(-c2csc(-c3ccccc3)n2)c1)c1cccnc1. The van der Waals surface area contributed by atoms with Crippen LogP contribution in [0.4, 0.5) is 5.69 Å². The maximum Gasteiger partial charge on any atom is 0.257 e. The van der Waals surface area contributed by atoms with Crippen LogP contribution < -0.4 is 5.32 Å². The van der Waals surface area contributed by atoms with Gasteiger partial charge in [-0.25, -0.2) is 4.98 Å². The summed E-state index contributed by atoms with van der Waals surface area (Å²) in [5, 5.41) is 5.91. The number of rotatable bonds is 4. The molecule has 0 saturated carbocycles. The molecule has 0 aliphatic heterocycles. The predicted octanol–water partition coefficient (Wildman–Crippen LogP) is 5.12. The molecule has 4 nitrogen and oxygen atoms in total. The smallest absolute Gasteiger partial charge is 0.257 e. The molecule has 0 atom stereocenters. The summed E-state index contributed by atoms with van der Waals surface area (Å²) >= 11 is 1.61. The van der Waals surface area contributed by atoms with Crippen molar-refractivity contribution in [3.63, 3.8) is 0 Å². The lowest BCUT2D eigenvalue weighted by molar-refractivity contribution is 0.102. The molecule has 0 bridgehead atoms. The molecule has 0 fully saturated rings. The third-order valence-corrected chi connectivity index (χ3v) is 4.76. The third kappa shape index (κ3) is 3.53. The van der Waals surface area contributed by atoms with Gasteiger partial charge in [-0.1, -0.05) is 42.5 Å². The van der Waals surface area contributed by atoms with Crippen LogP contribution in [0.2, 0.25) is 0 Å². The Hall–Kier alpha value is -3.31. The molecular formula is C21H15N3OS. The minimum absolute atomic E-state index is 0.182. The molecule has 1 amide bonds. The Bertz CT molecular complexity index is 1030.